The maximum Gasteiger partial charge on any atom is 0.408 e. The summed E-state index contributed by atoms with van der Waals surface area (Å²) in [5.41, 5.74) is 1.97. The zero-order chi connectivity index (χ0) is 26.8. The van der Waals surface area contributed by atoms with Crippen LogP contribution in [0.5, 0.6) is 0 Å². The van der Waals surface area contributed by atoms with Crippen LogP contribution in [0.2, 0.25) is 0 Å². The number of hydrogen-bond acceptors (Lipinski definition) is 5. The van der Waals surface area contributed by atoms with E-state index in [0.29, 0.717) is 6.54 Å². The van der Waals surface area contributed by atoms with Gasteiger partial charge in [-0.25, -0.2) is 4.79 Å². The molecule has 2 unspecified atom stereocenters. The number of nitrogens with zero attached hydrogens (tertiary/aromatic N) is 1. The van der Waals surface area contributed by atoms with Crippen LogP contribution in [0.15, 0.2) is 18.2 Å². The molecule has 0 heterocycles. The predicted molar refractivity (Wildman–Crippen MR) is 145 cm³/mol. The van der Waals surface area contributed by atoms with E-state index in [1.165, 1.54) is 0 Å². The highest BCUT2D eigenvalue weighted by atomic mass is 32.1. The third-order valence-corrected chi connectivity index (χ3v) is 5.88. The molecule has 0 bridgehead atoms. The summed E-state index contributed by atoms with van der Waals surface area (Å²) >= 11 is 4.35. The average molecular weight is 508 g/mol. The van der Waals surface area contributed by atoms with E-state index in [1.54, 1.807) is 25.7 Å². The molecule has 1 aromatic carbocycles. The Morgan fingerprint density at radius 3 is 2.11 bits per heavy atom. The van der Waals surface area contributed by atoms with Crippen molar-refractivity contribution in [2.24, 2.45) is 0 Å². The molecule has 0 aliphatic carbocycles. The van der Waals surface area contributed by atoms with Crippen LogP contribution in [0.3, 0.4) is 0 Å². The van der Waals surface area contributed by atoms with Crippen molar-refractivity contribution in [3.63, 3.8) is 0 Å². The molecule has 35 heavy (non-hydrogen) atoms. The molecule has 0 radical (unpaired) electrons. The zero-order valence-corrected chi connectivity index (χ0v) is 23.6. The zero-order valence-electron chi connectivity index (χ0n) is 22.7. The molecule has 0 saturated carbocycles. The molecular weight excluding hydrogens is 462 g/mol. The summed E-state index contributed by atoms with van der Waals surface area (Å²) in [7, 11) is 0. The fourth-order valence-corrected chi connectivity index (χ4v) is 4.21. The second-order valence-corrected chi connectivity index (χ2v) is 10.7. The van der Waals surface area contributed by atoms with Gasteiger partial charge in [-0.3, -0.25) is 9.59 Å². The number of unbranched alkanes of at least 4 members (excludes halogenated alkanes) is 3. The van der Waals surface area contributed by atoms with Crippen molar-refractivity contribution in [2.45, 2.75) is 105 Å². The third kappa shape index (κ3) is 10.1. The summed E-state index contributed by atoms with van der Waals surface area (Å²) in [6.07, 6.45) is 3.10. The summed E-state index contributed by atoms with van der Waals surface area (Å²) in [5, 5.41) is 5.66. The molecular formula is C27H45N3O4S. The number of hydrogen-bond donors (Lipinski definition) is 3. The fraction of sp³-hybridized carbons (Fsp3) is 0.667. The highest BCUT2D eigenvalue weighted by Gasteiger charge is 2.37. The number of ether oxygens (including phenoxy) is 1. The summed E-state index contributed by atoms with van der Waals surface area (Å²) in [6, 6.07) is 4.00. The molecule has 0 fully saturated rings. The Hall–Kier alpha value is -2.22. The smallest absolute Gasteiger partial charge is 0.408 e. The number of carbonyl (C=O) groups excluding carboxylic acids is 3. The summed E-state index contributed by atoms with van der Waals surface area (Å²) in [4.78, 5) is 41.5. The minimum atomic E-state index is -0.932. The van der Waals surface area contributed by atoms with E-state index in [2.05, 4.69) is 30.2 Å². The lowest BCUT2D eigenvalue weighted by Crippen LogP contribution is -2.54. The Kier molecular flexibility index (Phi) is 12.6. The van der Waals surface area contributed by atoms with Crippen LogP contribution in [0.25, 0.3) is 0 Å². The van der Waals surface area contributed by atoms with Crippen LogP contribution in [-0.2, 0) is 14.3 Å². The van der Waals surface area contributed by atoms with E-state index in [0.717, 1.165) is 42.4 Å². The van der Waals surface area contributed by atoms with Gasteiger partial charge >= 0.3 is 6.09 Å². The van der Waals surface area contributed by atoms with Crippen LogP contribution < -0.4 is 10.6 Å². The van der Waals surface area contributed by atoms with Crippen molar-refractivity contribution < 1.29 is 19.1 Å². The molecule has 2 N–H and O–H groups in total. The van der Waals surface area contributed by atoms with Crippen LogP contribution in [0.4, 0.5) is 4.79 Å². The number of benzene rings is 1. The van der Waals surface area contributed by atoms with Crippen LogP contribution in [0, 0.1) is 13.8 Å². The minimum absolute atomic E-state index is 0.0782. The van der Waals surface area contributed by atoms with Gasteiger partial charge in [0, 0.05) is 18.3 Å². The maximum atomic E-state index is 13.9. The van der Waals surface area contributed by atoms with Crippen LogP contribution in [0.1, 0.15) is 90.0 Å². The first-order valence-corrected chi connectivity index (χ1v) is 13.2. The molecule has 0 aromatic heterocycles. The van der Waals surface area contributed by atoms with Crippen LogP contribution in [-0.4, -0.2) is 52.8 Å². The second kappa shape index (κ2) is 14.4. The van der Waals surface area contributed by atoms with Crippen molar-refractivity contribution in [2.75, 3.05) is 12.3 Å². The molecule has 0 saturated heterocycles. The Bertz CT molecular complexity index is 831. The molecule has 2 atom stereocenters. The number of thiol groups is 1. The lowest BCUT2D eigenvalue weighted by atomic mass is 9.93. The van der Waals surface area contributed by atoms with Crippen molar-refractivity contribution in [3.05, 3.63) is 34.9 Å². The number of aryl methyl sites for hydroxylation is 2. The maximum absolute atomic E-state index is 13.9. The van der Waals surface area contributed by atoms with E-state index in [-0.39, 0.29) is 23.6 Å². The van der Waals surface area contributed by atoms with Gasteiger partial charge in [-0.2, -0.15) is 12.6 Å². The fourth-order valence-electron chi connectivity index (χ4n) is 3.96. The summed E-state index contributed by atoms with van der Waals surface area (Å²) < 4.78 is 5.36. The number of nitrogens with one attached hydrogen (secondary N) is 2. The first kappa shape index (κ1) is 30.8. The molecule has 3 amide bonds. The van der Waals surface area contributed by atoms with Crippen molar-refractivity contribution in [1.29, 1.82) is 0 Å². The standard InChI is InChI=1S/C27H45N3O4S/c1-9-10-11-12-16-30(25(32)21(17-35)29-26(33)34-27(6,7)8)23(24(31)28-18(2)3)22-19(4)14-13-15-20(22)5/h13-15,18,21,23,35H,9-12,16-17H2,1-8H3,(H,28,31)(H,29,33). The summed E-state index contributed by atoms with van der Waals surface area (Å²) in [5.74, 6) is -0.514. The van der Waals surface area contributed by atoms with Gasteiger partial charge in [0.15, 0.2) is 0 Å². The quantitative estimate of drug-likeness (QED) is 0.271. The molecule has 8 heteroatoms. The van der Waals surface area contributed by atoms with Gasteiger partial charge in [-0.1, -0.05) is 44.4 Å². The van der Waals surface area contributed by atoms with E-state index < -0.39 is 23.8 Å². The van der Waals surface area contributed by atoms with Gasteiger partial charge in [-0.15, -0.1) is 0 Å². The number of amides is 3. The van der Waals surface area contributed by atoms with Gasteiger partial charge < -0.3 is 20.3 Å². The normalized spacial score (nSPS) is 13.2. The van der Waals surface area contributed by atoms with Gasteiger partial charge in [0.1, 0.15) is 17.7 Å². The predicted octanol–water partition coefficient (Wildman–Crippen LogP) is 5.10. The highest BCUT2D eigenvalue weighted by molar-refractivity contribution is 7.80. The number of rotatable bonds is 12. The third-order valence-electron chi connectivity index (χ3n) is 5.51. The Morgan fingerprint density at radius 1 is 1.03 bits per heavy atom. The minimum Gasteiger partial charge on any atom is -0.444 e. The average Bonchev–Trinajstić information content (AvgIpc) is 2.73. The van der Waals surface area contributed by atoms with Crippen LogP contribution >= 0.6 is 12.6 Å². The molecule has 0 spiro atoms. The molecule has 0 aliphatic heterocycles. The Morgan fingerprint density at radius 2 is 1.63 bits per heavy atom. The largest absolute Gasteiger partial charge is 0.444 e. The first-order valence-electron chi connectivity index (χ1n) is 12.6. The van der Waals surface area contributed by atoms with E-state index in [1.807, 2.05) is 45.9 Å². The highest BCUT2D eigenvalue weighted by Crippen LogP contribution is 2.29. The molecule has 1 aromatic rings. The number of carbonyl (C=O) groups is 3. The Labute approximate surface area is 217 Å². The monoisotopic (exact) mass is 507 g/mol. The molecule has 198 valence electrons. The second-order valence-electron chi connectivity index (χ2n) is 10.3. The topological polar surface area (TPSA) is 87.7 Å². The van der Waals surface area contributed by atoms with Crippen molar-refractivity contribution >= 4 is 30.5 Å². The lowest BCUT2D eigenvalue weighted by Gasteiger charge is -2.36. The van der Waals surface area contributed by atoms with Gasteiger partial charge in [0.05, 0.1) is 0 Å². The molecule has 1 rings (SSSR count). The van der Waals surface area contributed by atoms with Crippen molar-refractivity contribution in [3.8, 4) is 0 Å². The molecule has 0 aliphatic rings. The van der Waals surface area contributed by atoms with Gasteiger partial charge in [0.2, 0.25) is 11.8 Å². The molecule has 7 nitrogen and oxygen atoms in total. The SMILES string of the molecule is CCCCCCN(C(=O)C(CS)NC(=O)OC(C)(C)C)C(C(=O)NC(C)C)c1c(C)cccc1C. The van der Waals surface area contributed by atoms with E-state index in [9.17, 15) is 14.4 Å². The van der Waals surface area contributed by atoms with Gasteiger partial charge in [-0.05, 0) is 71.6 Å². The first-order chi connectivity index (χ1) is 16.3. The van der Waals surface area contributed by atoms with Crippen molar-refractivity contribution in [1.82, 2.24) is 15.5 Å². The van der Waals surface area contributed by atoms with E-state index >= 15 is 0 Å². The van der Waals surface area contributed by atoms with Gasteiger partial charge in [0.25, 0.3) is 0 Å². The lowest BCUT2D eigenvalue weighted by molar-refractivity contribution is -0.142. The number of alkyl carbamates (subject to hydrolysis) is 1. The Balaban J connectivity index is 3.47. The summed E-state index contributed by atoms with van der Waals surface area (Å²) in [6.45, 7) is 15.5. The van der Waals surface area contributed by atoms with E-state index in [4.69, 9.17) is 4.74 Å².